The molecule has 1 heterocycles. The Hall–Kier alpha value is -3.38. The van der Waals surface area contributed by atoms with Crippen LogP contribution in [0.5, 0.6) is 5.75 Å². The second-order valence-electron chi connectivity index (χ2n) is 7.53. The van der Waals surface area contributed by atoms with Crippen LogP contribution in [-0.2, 0) is 14.3 Å². The van der Waals surface area contributed by atoms with Crippen LogP contribution in [0.25, 0.3) is 10.8 Å². The quantitative estimate of drug-likeness (QED) is 0.568. The predicted octanol–water partition coefficient (Wildman–Crippen LogP) is 4.58. The highest BCUT2D eigenvalue weighted by molar-refractivity contribution is 6.04. The third kappa shape index (κ3) is 5.22. The van der Waals surface area contributed by atoms with Crippen LogP contribution in [0.2, 0.25) is 0 Å². The van der Waals surface area contributed by atoms with Gasteiger partial charge >= 0.3 is 5.97 Å². The molecular formula is C25H25NO5. The van der Waals surface area contributed by atoms with E-state index in [4.69, 9.17) is 14.2 Å². The van der Waals surface area contributed by atoms with E-state index in [0.717, 1.165) is 30.2 Å². The van der Waals surface area contributed by atoms with Gasteiger partial charge in [0.2, 0.25) is 0 Å². The van der Waals surface area contributed by atoms with Gasteiger partial charge in [0.1, 0.15) is 12.4 Å². The van der Waals surface area contributed by atoms with Crippen LogP contribution in [0.3, 0.4) is 0 Å². The monoisotopic (exact) mass is 419 g/mol. The van der Waals surface area contributed by atoms with Crippen molar-refractivity contribution in [2.24, 2.45) is 0 Å². The van der Waals surface area contributed by atoms with Gasteiger partial charge in [-0.25, -0.2) is 4.79 Å². The van der Waals surface area contributed by atoms with E-state index < -0.39 is 12.1 Å². The van der Waals surface area contributed by atoms with Crippen molar-refractivity contribution in [1.29, 1.82) is 0 Å². The fourth-order valence-electron chi connectivity index (χ4n) is 3.50. The van der Waals surface area contributed by atoms with Crippen molar-refractivity contribution in [3.8, 4) is 5.75 Å². The van der Waals surface area contributed by atoms with Gasteiger partial charge in [-0.15, -0.1) is 0 Å². The average molecular weight is 419 g/mol. The molecule has 6 heteroatoms. The minimum absolute atomic E-state index is 0.130. The lowest BCUT2D eigenvalue weighted by Gasteiger charge is -2.15. The Kier molecular flexibility index (Phi) is 6.48. The molecule has 1 aliphatic rings. The van der Waals surface area contributed by atoms with Gasteiger partial charge in [0.15, 0.2) is 6.10 Å². The van der Waals surface area contributed by atoms with Crippen LogP contribution in [0.15, 0.2) is 66.7 Å². The number of rotatable bonds is 7. The summed E-state index contributed by atoms with van der Waals surface area (Å²) in [4.78, 5) is 25.0. The van der Waals surface area contributed by atoms with Gasteiger partial charge in [0, 0.05) is 17.7 Å². The molecule has 0 saturated carbocycles. The van der Waals surface area contributed by atoms with E-state index >= 15 is 0 Å². The van der Waals surface area contributed by atoms with E-state index in [2.05, 4.69) is 5.32 Å². The Morgan fingerprint density at radius 2 is 1.84 bits per heavy atom. The summed E-state index contributed by atoms with van der Waals surface area (Å²) < 4.78 is 16.6. The van der Waals surface area contributed by atoms with Gasteiger partial charge in [-0.05, 0) is 55.5 Å². The molecule has 1 N–H and O–H groups in total. The van der Waals surface area contributed by atoms with Crippen molar-refractivity contribution < 1.29 is 23.8 Å². The number of hydrogen-bond donors (Lipinski definition) is 1. The van der Waals surface area contributed by atoms with Crippen LogP contribution in [-0.4, -0.2) is 37.3 Å². The number of hydrogen-bond acceptors (Lipinski definition) is 5. The fraction of sp³-hybridized carbons (Fsp3) is 0.280. The molecule has 1 aliphatic heterocycles. The van der Waals surface area contributed by atoms with Crippen molar-refractivity contribution in [1.82, 2.24) is 0 Å². The van der Waals surface area contributed by atoms with Crippen LogP contribution in [0.4, 0.5) is 5.69 Å². The largest absolute Gasteiger partial charge is 0.491 e. The highest BCUT2D eigenvalue weighted by Gasteiger charge is 2.20. The molecule has 6 nitrogen and oxygen atoms in total. The number of carbonyl (C=O) groups is 2. The number of anilines is 1. The van der Waals surface area contributed by atoms with Gasteiger partial charge < -0.3 is 19.5 Å². The Balaban J connectivity index is 1.32. The van der Waals surface area contributed by atoms with Gasteiger partial charge in [-0.2, -0.15) is 0 Å². The number of amides is 1. The van der Waals surface area contributed by atoms with Gasteiger partial charge in [-0.3, -0.25) is 4.79 Å². The highest BCUT2D eigenvalue weighted by Crippen LogP contribution is 2.23. The number of carbonyl (C=O) groups excluding carboxylic acids is 2. The number of ether oxygens (including phenoxy) is 3. The third-order valence-electron chi connectivity index (χ3n) is 5.25. The summed E-state index contributed by atoms with van der Waals surface area (Å²) in [6, 6.07) is 20.1. The summed E-state index contributed by atoms with van der Waals surface area (Å²) in [5.74, 6) is -0.290. The SMILES string of the molecule is C[C@@H](OC(=O)c1ccc(OC[C@H]2CCCO2)cc1)C(=O)Nc1cccc2ccccc12. The molecule has 0 radical (unpaired) electrons. The maximum atomic E-state index is 12.6. The zero-order valence-electron chi connectivity index (χ0n) is 17.4. The topological polar surface area (TPSA) is 73.9 Å². The molecule has 3 aromatic rings. The second-order valence-corrected chi connectivity index (χ2v) is 7.53. The maximum absolute atomic E-state index is 12.6. The maximum Gasteiger partial charge on any atom is 0.338 e. The molecule has 160 valence electrons. The molecule has 1 saturated heterocycles. The molecule has 0 aliphatic carbocycles. The second kappa shape index (κ2) is 9.62. The summed E-state index contributed by atoms with van der Waals surface area (Å²) in [6.07, 6.45) is 1.25. The van der Waals surface area contributed by atoms with Crippen molar-refractivity contribution >= 4 is 28.3 Å². The molecule has 0 aromatic heterocycles. The molecule has 1 fully saturated rings. The third-order valence-corrected chi connectivity index (χ3v) is 5.25. The first-order valence-corrected chi connectivity index (χ1v) is 10.4. The molecule has 1 amide bonds. The molecule has 0 unspecified atom stereocenters. The predicted molar refractivity (Wildman–Crippen MR) is 118 cm³/mol. The minimum Gasteiger partial charge on any atom is -0.491 e. The highest BCUT2D eigenvalue weighted by atomic mass is 16.5. The summed E-state index contributed by atoms with van der Waals surface area (Å²) in [5, 5.41) is 4.79. The van der Waals surface area contributed by atoms with E-state index in [0.29, 0.717) is 23.6 Å². The Morgan fingerprint density at radius 3 is 2.61 bits per heavy atom. The van der Waals surface area contributed by atoms with E-state index in [1.807, 2.05) is 42.5 Å². The Morgan fingerprint density at radius 1 is 1.06 bits per heavy atom. The number of benzene rings is 3. The summed E-state index contributed by atoms with van der Waals surface area (Å²) >= 11 is 0. The van der Waals surface area contributed by atoms with Crippen LogP contribution >= 0.6 is 0 Å². The summed E-state index contributed by atoms with van der Waals surface area (Å²) in [6.45, 7) is 2.83. The number of esters is 1. The average Bonchev–Trinajstić information content (AvgIpc) is 3.32. The van der Waals surface area contributed by atoms with E-state index in [-0.39, 0.29) is 12.0 Å². The zero-order chi connectivity index (χ0) is 21.6. The van der Waals surface area contributed by atoms with Crippen molar-refractivity contribution in [2.45, 2.75) is 32.0 Å². The smallest absolute Gasteiger partial charge is 0.338 e. The first-order valence-electron chi connectivity index (χ1n) is 10.4. The van der Waals surface area contributed by atoms with Crippen LogP contribution < -0.4 is 10.1 Å². The van der Waals surface area contributed by atoms with E-state index in [9.17, 15) is 9.59 Å². The zero-order valence-corrected chi connectivity index (χ0v) is 17.4. The molecule has 31 heavy (non-hydrogen) atoms. The molecular weight excluding hydrogens is 394 g/mol. The number of fused-ring (bicyclic) bond motifs is 1. The summed E-state index contributed by atoms with van der Waals surface area (Å²) in [5.41, 5.74) is 1.04. The summed E-state index contributed by atoms with van der Waals surface area (Å²) in [7, 11) is 0. The molecule has 4 rings (SSSR count). The normalized spacial score (nSPS) is 16.6. The lowest BCUT2D eigenvalue weighted by molar-refractivity contribution is -0.123. The molecule has 0 spiro atoms. The minimum atomic E-state index is -0.943. The molecule has 0 bridgehead atoms. The lowest BCUT2D eigenvalue weighted by Crippen LogP contribution is -2.30. The molecule has 3 aromatic carbocycles. The van der Waals surface area contributed by atoms with Gasteiger partial charge in [0.25, 0.3) is 5.91 Å². The van der Waals surface area contributed by atoms with Crippen molar-refractivity contribution in [3.63, 3.8) is 0 Å². The molecule has 2 atom stereocenters. The van der Waals surface area contributed by atoms with Crippen molar-refractivity contribution in [3.05, 3.63) is 72.3 Å². The lowest BCUT2D eigenvalue weighted by atomic mass is 10.1. The van der Waals surface area contributed by atoms with Gasteiger partial charge in [0.05, 0.1) is 11.7 Å². The first-order chi connectivity index (χ1) is 15.1. The van der Waals surface area contributed by atoms with Crippen molar-refractivity contribution in [2.75, 3.05) is 18.5 Å². The van der Waals surface area contributed by atoms with E-state index in [1.54, 1.807) is 31.2 Å². The van der Waals surface area contributed by atoms with Gasteiger partial charge in [-0.1, -0.05) is 36.4 Å². The van der Waals surface area contributed by atoms with Crippen LogP contribution in [0.1, 0.15) is 30.1 Å². The fourth-order valence-corrected chi connectivity index (χ4v) is 3.50. The first kappa shape index (κ1) is 20.9. The standard InChI is InChI=1S/C25H25NO5/c1-17(24(27)26-23-10-4-7-18-6-2-3-9-22(18)23)31-25(28)19-11-13-20(14-12-19)30-16-21-8-5-15-29-21/h2-4,6-7,9-14,17,21H,5,8,15-16H2,1H3,(H,26,27)/t17-,21-/m1/s1. The van der Waals surface area contributed by atoms with Crippen LogP contribution in [0, 0.1) is 0 Å². The number of nitrogens with one attached hydrogen (secondary N) is 1. The van der Waals surface area contributed by atoms with E-state index in [1.165, 1.54) is 0 Å². The Bertz CT molecular complexity index is 1050. The Labute approximate surface area is 181 Å².